The van der Waals surface area contributed by atoms with Gasteiger partial charge in [-0.05, 0) is 32.3 Å². The SMILES string of the molecule is Cc1cc(C(=O)N(CCO)C2CCC2)nc(N)n1. The van der Waals surface area contributed by atoms with E-state index in [-0.39, 0.29) is 24.5 Å². The number of aliphatic hydroxyl groups is 1. The second-order valence-electron chi connectivity index (χ2n) is 4.56. The van der Waals surface area contributed by atoms with Crippen molar-refractivity contribution in [2.45, 2.75) is 32.2 Å². The highest BCUT2D eigenvalue weighted by Gasteiger charge is 2.29. The molecule has 0 unspecified atom stereocenters. The summed E-state index contributed by atoms with van der Waals surface area (Å²) >= 11 is 0. The summed E-state index contributed by atoms with van der Waals surface area (Å²) in [6, 6.07) is 1.85. The van der Waals surface area contributed by atoms with Gasteiger partial charge < -0.3 is 15.7 Å². The minimum absolute atomic E-state index is 0.0399. The van der Waals surface area contributed by atoms with Gasteiger partial charge in [-0.3, -0.25) is 4.79 Å². The summed E-state index contributed by atoms with van der Waals surface area (Å²) in [6.45, 7) is 2.07. The number of aromatic nitrogens is 2. The summed E-state index contributed by atoms with van der Waals surface area (Å²) in [5.74, 6) is -0.0677. The maximum Gasteiger partial charge on any atom is 0.272 e. The third-order valence-electron chi connectivity index (χ3n) is 3.21. The Balaban J connectivity index is 2.21. The number of rotatable bonds is 4. The molecule has 1 amide bonds. The first-order valence-electron chi connectivity index (χ1n) is 6.15. The zero-order valence-corrected chi connectivity index (χ0v) is 10.5. The lowest BCUT2D eigenvalue weighted by molar-refractivity contribution is 0.0520. The van der Waals surface area contributed by atoms with E-state index in [0.29, 0.717) is 17.9 Å². The average molecular weight is 250 g/mol. The van der Waals surface area contributed by atoms with Crippen LogP contribution in [0, 0.1) is 6.92 Å². The first-order chi connectivity index (χ1) is 8.61. The highest BCUT2D eigenvalue weighted by molar-refractivity contribution is 5.93. The lowest BCUT2D eigenvalue weighted by Crippen LogP contribution is -2.46. The monoisotopic (exact) mass is 250 g/mol. The van der Waals surface area contributed by atoms with Gasteiger partial charge in [-0.15, -0.1) is 0 Å². The molecule has 1 aromatic heterocycles. The number of nitrogens with zero attached hydrogens (tertiary/aromatic N) is 3. The summed E-state index contributed by atoms with van der Waals surface area (Å²) in [6.07, 6.45) is 3.11. The van der Waals surface area contributed by atoms with Crippen LogP contribution in [0.2, 0.25) is 0 Å². The third kappa shape index (κ3) is 2.59. The van der Waals surface area contributed by atoms with Crippen LogP contribution in [0.4, 0.5) is 5.95 Å². The molecule has 0 bridgehead atoms. The fourth-order valence-electron chi connectivity index (χ4n) is 2.10. The van der Waals surface area contributed by atoms with E-state index < -0.39 is 0 Å². The van der Waals surface area contributed by atoms with E-state index in [9.17, 15) is 4.79 Å². The van der Waals surface area contributed by atoms with Crippen LogP contribution in [-0.4, -0.2) is 45.1 Å². The van der Waals surface area contributed by atoms with E-state index in [1.807, 2.05) is 0 Å². The van der Waals surface area contributed by atoms with Crippen molar-refractivity contribution in [2.75, 3.05) is 18.9 Å². The third-order valence-corrected chi connectivity index (χ3v) is 3.21. The standard InChI is InChI=1S/C12H18N4O2/c1-8-7-10(15-12(13)14-8)11(18)16(5-6-17)9-3-2-4-9/h7,9,17H,2-6H2,1H3,(H2,13,14,15). The Morgan fingerprint density at radius 3 is 2.78 bits per heavy atom. The van der Waals surface area contributed by atoms with Gasteiger partial charge in [-0.1, -0.05) is 0 Å². The Labute approximate surface area is 106 Å². The molecule has 0 aromatic carbocycles. The highest BCUT2D eigenvalue weighted by Crippen LogP contribution is 2.25. The van der Waals surface area contributed by atoms with Crippen LogP contribution in [0.5, 0.6) is 0 Å². The number of amides is 1. The predicted octanol–water partition coefficient (Wildman–Crippen LogP) is 0.354. The van der Waals surface area contributed by atoms with Crippen LogP contribution in [0.1, 0.15) is 35.4 Å². The highest BCUT2D eigenvalue weighted by atomic mass is 16.3. The number of aliphatic hydroxyl groups excluding tert-OH is 1. The van der Waals surface area contributed by atoms with E-state index in [4.69, 9.17) is 10.8 Å². The summed E-state index contributed by atoms with van der Waals surface area (Å²) < 4.78 is 0. The van der Waals surface area contributed by atoms with E-state index in [1.54, 1.807) is 17.9 Å². The van der Waals surface area contributed by atoms with E-state index in [0.717, 1.165) is 19.3 Å². The summed E-state index contributed by atoms with van der Waals surface area (Å²) in [4.78, 5) is 21.9. The van der Waals surface area contributed by atoms with Crippen molar-refractivity contribution < 1.29 is 9.90 Å². The molecule has 1 aliphatic rings. The molecule has 0 spiro atoms. The second-order valence-corrected chi connectivity index (χ2v) is 4.56. The van der Waals surface area contributed by atoms with Crippen molar-refractivity contribution in [3.63, 3.8) is 0 Å². The van der Waals surface area contributed by atoms with Gasteiger partial charge in [0.15, 0.2) is 0 Å². The van der Waals surface area contributed by atoms with Crippen LogP contribution < -0.4 is 5.73 Å². The van der Waals surface area contributed by atoms with Crippen molar-refractivity contribution in [1.82, 2.24) is 14.9 Å². The van der Waals surface area contributed by atoms with Crippen molar-refractivity contribution in [1.29, 1.82) is 0 Å². The van der Waals surface area contributed by atoms with Gasteiger partial charge in [-0.25, -0.2) is 9.97 Å². The molecule has 6 nitrogen and oxygen atoms in total. The summed E-state index contributed by atoms with van der Waals surface area (Å²) in [7, 11) is 0. The van der Waals surface area contributed by atoms with Crippen molar-refractivity contribution in [2.24, 2.45) is 0 Å². The molecular formula is C12H18N4O2. The number of hydrogen-bond donors (Lipinski definition) is 2. The maximum atomic E-state index is 12.3. The number of aryl methyl sites for hydroxylation is 1. The smallest absolute Gasteiger partial charge is 0.272 e. The normalized spacial score (nSPS) is 15.2. The number of hydrogen-bond acceptors (Lipinski definition) is 5. The van der Waals surface area contributed by atoms with E-state index in [2.05, 4.69) is 9.97 Å². The lowest BCUT2D eigenvalue weighted by Gasteiger charge is -2.37. The minimum Gasteiger partial charge on any atom is -0.395 e. The van der Waals surface area contributed by atoms with Crippen molar-refractivity contribution in [3.05, 3.63) is 17.5 Å². The van der Waals surface area contributed by atoms with Gasteiger partial charge >= 0.3 is 0 Å². The topological polar surface area (TPSA) is 92.3 Å². The quantitative estimate of drug-likeness (QED) is 0.804. The molecule has 0 radical (unpaired) electrons. The summed E-state index contributed by atoms with van der Waals surface area (Å²) in [5.41, 5.74) is 6.53. The Morgan fingerprint density at radius 1 is 1.56 bits per heavy atom. The Morgan fingerprint density at radius 2 is 2.28 bits per heavy atom. The van der Waals surface area contributed by atoms with Gasteiger partial charge in [0.2, 0.25) is 5.95 Å². The number of anilines is 1. The molecule has 1 heterocycles. The molecule has 0 atom stereocenters. The van der Waals surface area contributed by atoms with Gasteiger partial charge in [-0.2, -0.15) is 0 Å². The van der Waals surface area contributed by atoms with Crippen LogP contribution >= 0.6 is 0 Å². The molecule has 1 fully saturated rings. The largest absolute Gasteiger partial charge is 0.395 e. The number of nitrogen functional groups attached to an aromatic ring is 1. The zero-order chi connectivity index (χ0) is 13.1. The van der Waals surface area contributed by atoms with Crippen LogP contribution in [-0.2, 0) is 0 Å². The number of carbonyl (C=O) groups is 1. The molecule has 1 saturated carbocycles. The zero-order valence-electron chi connectivity index (χ0n) is 10.5. The predicted molar refractivity (Wildman–Crippen MR) is 66.9 cm³/mol. The van der Waals surface area contributed by atoms with E-state index in [1.165, 1.54) is 0 Å². The number of nitrogens with two attached hydrogens (primary N) is 1. The molecule has 18 heavy (non-hydrogen) atoms. The molecule has 0 saturated heterocycles. The Bertz CT molecular complexity index is 425. The van der Waals surface area contributed by atoms with Crippen molar-refractivity contribution in [3.8, 4) is 0 Å². The molecule has 0 aliphatic heterocycles. The molecule has 6 heteroatoms. The van der Waals surface area contributed by atoms with Gasteiger partial charge in [0.05, 0.1) is 6.61 Å². The molecule has 2 rings (SSSR count). The van der Waals surface area contributed by atoms with Gasteiger partial charge in [0, 0.05) is 18.3 Å². The fraction of sp³-hybridized carbons (Fsp3) is 0.583. The Hall–Kier alpha value is -1.69. The Kier molecular flexibility index (Phi) is 3.76. The van der Waals surface area contributed by atoms with Crippen molar-refractivity contribution >= 4 is 11.9 Å². The fourth-order valence-corrected chi connectivity index (χ4v) is 2.10. The molecule has 98 valence electrons. The molecule has 1 aliphatic carbocycles. The maximum absolute atomic E-state index is 12.3. The summed E-state index contributed by atoms with van der Waals surface area (Å²) in [5, 5.41) is 9.06. The second kappa shape index (κ2) is 5.30. The lowest BCUT2D eigenvalue weighted by atomic mass is 9.91. The van der Waals surface area contributed by atoms with Crippen LogP contribution in [0.3, 0.4) is 0 Å². The first kappa shape index (κ1) is 12.8. The molecule has 1 aromatic rings. The van der Waals surface area contributed by atoms with E-state index >= 15 is 0 Å². The minimum atomic E-state index is -0.175. The van der Waals surface area contributed by atoms with Gasteiger partial charge in [0.25, 0.3) is 5.91 Å². The van der Waals surface area contributed by atoms with Crippen LogP contribution in [0.25, 0.3) is 0 Å². The van der Waals surface area contributed by atoms with Gasteiger partial charge in [0.1, 0.15) is 5.69 Å². The molecule has 3 N–H and O–H groups in total. The van der Waals surface area contributed by atoms with Crippen LogP contribution in [0.15, 0.2) is 6.07 Å². The first-order valence-corrected chi connectivity index (χ1v) is 6.15. The number of carbonyl (C=O) groups excluding carboxylic acids is 1. The molecular weight excluding hydrogens is 232 g/mol. The average Bonchev–Trinajstić information content (AvgIpc) is 2.23.